The molecule has 6 nitrogen and oxygen atoms in total. The Kier molecular flexibility index (Phi) is 9.47. The van der Waals surface area contributed by atoms with Gasteiger partial charge in [0, 0.05) is 31.0 Å². The predicted octanol–water partition coefficient (Wildman–Crippen LogP) is 3.06. The van der Waals surface area contributed by atoms with Crippen LogP contribution in [0.1, 0.15) is 37.7 Å². The molecule has 1 amide bonds. The lowest BCUT2D eigenvalue weighted by atomic mass is 9.99. The highest BCUT2D eigenvalue weighted by atomic mass is 35.5. The normalized spacial score (nSPS) is 18.6. The fourth-order valence-electron chi connectivity index (χ4n) is 3.31. The molecule has 0 aromatic heterocycles. The molecule has 1 aliphatic heterocycles. The molecule has 0 radical (unpaired) electrons. The van der Waals surface area contributed by atoms with Crippen molar-refractivity contribution in [1.82, 2.24) is 4.90 Å². The van der Waals surface area contributed by atoms with Crippen LogP contribution in [0.15, 0.2) is 36.4 Å². The summed E-state index contributed by atoms with van der Waals surface area (Å²) >= 11 is 5.98. The van der Waals surface area contributed by atoms with E-state index in [0.717, 1.165) is 24.8 Å². The van der Waals surface area contributed by atoms with Gasteiger partial charge in [-0.25, -0.2) is 4.79 Å². The van der Waals surface area contributed by atoms with Gasteiger partial charge in [-0.2, -0.15) is 0 Å². The van der Waals surface area contributed by atoms with Gasteiger partial charge in [-0.05, 0) is 43.4 Å². The highest BCUT2D eigenvalue weighted by molar-refractivity contribution is 6.30. The third-order valence-corrected chi connectivity index (χ3v) is 4.90. The lowest BCUT2D eigenvalue weighted by molar-refractivity contribution is -0.142. The molecule has 1 aromatic carbocycles. The first kappa shape index (κ1) is 22.4. The van der Waals surface area contributed by atoms with Crippen LogP contribution in [-0.4, -0.2) is 58.9 Å². The van der Waals surface area contributed by atoms with Crippen molar-refractivity contribution >= 4 is 23.5 Å². The van der Waals surface area contributed by atoms with Crippen molar-refractivity contribution in [2.75, 3.05) is 19.8 Å². The number of benzene rings is 1. The molecule has 1 heterocycles. The summed E-state index contributed by atoms with van der Waals surface area (Å²) in [5.74, 6) is -0.857. The second-order valence-corrected chi connectivity index (χ2v) is 7.42. The summed E-state index contributed by atoms with van der Waals surface area (Å²) in [6.07, 6.45) is 7.23. The number of carbonyl (C=O) groups is 2. The molecule has 1 aromatic rings. The fourth-order valence-corrected chi connectivity index (χ4v) is 3.53. The number of aliphatic carboxylic acids is 1. The van der Waals surface area contributed by atoms with Crippen LogP contribution in [-0.2, 0) is 20.7 Å². The number of nitrogens with zero attached hydrogens (tertiary/aromatic N) is 1. The summed E-state index contributed by atoms with van der Waals surface area (Å²) in [5, 5.41) is 19.5. The average Bonchev–Trinajstić information content (AvgIpc) is 2.64. The zero-order chi connectivity index (χ0) is 20.4. The Balaban J connectivity index is 1.82. The summed E-state index contributed by atoms with van der Waals surface area (Å²) in [4.78, 5) is 24.6. The molecule has 2 atom stereocenters. The maximum atomic E-state index is 12.3. The molecule has 2 rings (SSSR count). The SMILES string of the molecule is O=C(O)COCCCCN1C(=O)CCC[C@@H]1C=CC(O)Cc1cccc(Cl)c1. The van der Waals surface area contributed by atoms with Gasteiger partial charge >= 0.3 is 5.97 Å². The van der Waals surface area contributed by atoms with Crippen molar-refractivity contribution in [3.05, 3.63) is 47.0 Å². The van der Waals surface area contributed by atoms with Gasteiger partial charge in [0.25, 0.3) is 0 Å². The number of halogens is 1. The monoisotopic (exact) mass is 409 g/mol. The van der Waals surface area contributed by atoms with Crippen LogP contribution in [0.25, 0.3) is 0 Å². The van der Waals surface area contributed by atoms with Gasteiger partial charge in [-0.1, -0.05) is 35.9 Å². The van der Waals surface area contributed by atoms with E-state index in [-0.39, 0.29) is 18.6 Å². The number of aliphatic hydroxyl groups is 1. The molecule has 154 valence electrons. The Morgan fingerprint density at radius 2 is 2.21 bits per heavy atom. The van der Waals surface area contributed by atoms with E-state index in [9.17, 15) is 14.7 Å². The highest BCUT2D eigenvalue weighted by Crippen LogP contribution is 2.20. The number of carboxylic acids is 1. The van der Waals surface area contributed by atoms with Gasteiger partial charge in [0.2, 0.25) is 5.91 Å². The third kappa shape index (κ3) is 8.00. The molecule has 1 fully saturated rings. The second-order valence-electron chi connectivity index (χ2n) is 6.99. The lowest BCUT2D eigenvalue weighted by Crippen LogP contribution is -2.43. The number of carbonyl (C=O) groups excluding carboxylic acids is 1. The molecule has 0 aliphatic carbocycles. The van der Waals surface area contributed by atoms with E-state index >= 15 is 0 Å². The average molecular weight is 410 g/mol. The Morgan fingerprint density at radius 3 is 2.96 bits per heavy atom. The number of piperidine rings is 1. The van der Waals surface area contributed by atoms with Crippen molar-refractivity contribution in [1.29, 1.82) is 0 Å². The van der Waals surface area contributed by atoms with Crippen LogP contribution in [0.4, 0.5) is 0 Å². The van der Waals surface area contributed by atoms with Crippen molar-refractivity contribution in [2.45, 2.75) is 50.7 Å². The largest absolute Gasteiger partial charge is 0.480 e. The van der Waals surface area contributed by atoms with Crippen LogP contribution in [0.2, 0.25) is 5.02 Å². The number of hydrogen-bond acceptors (Lipinski definition) is 4. The van der Waals surface area contributed by atoms with Crippen molar-refractivity contribution in [2.24, 2.45) is 0 Å². The van der Waals surface area contributed by atoms with E-state index in [2.05, 4.69) is 0 Å². The molecule has 7 heteroatoms. The van der Waals surface area contributed by atoms with Crippen molar-refractivity contribution < 1.29 is 24.5 Å². The van der Waals surface area contributed by atoms with Gasteiger partial charge in [-0.3, -0.25) is 4.79 Å². The first-order valence-corrected chi connectivity index (χ1v) is 10.0. The number of likely N-dealkylation sites (tertiary alicyclic amines) is 1. The molecule has 1 unspecified atom stereocenters. The number of aliphatic hydroxyl groups excluding tert-OH is 1. The van der Waals surface area contributed by atoms with Gasteiger partial charge in [0.15, 0.2) is 0 Å². The van der Waals surface area contributed by atoms with Gasteiger partial charge in [0.05, 0.1) is 12.1 Å². The Hall–Kier alpha value is -1.89. The van der Waals surface area contributed by atoms with E-state index in [4.69, 9.17) is 21.4 Å². The number of unbranched alkanes of at least 4 members (excludes halogenated alkanes) is 1. The van der Waals surface area contributed by atoms with E-state index in [1.54, 1.807) is 12.1 Å². The Bertz CT molecular complexity index is 679. The minimum absolute atomic E-state index is 0.0183. The number of ether oxygens (including phenoxy) is 1. The molecular formula is C21H28ClNO5. The zero-order valence-corrected chi connectivity index (χ0v) is 16.7. The first-order chi connectivity index (χ1) is 13.5. The summed E-state index contributed by atoms with van der Waals surface area (Å²) in [6, 6.07) is 7.39. The maximum absolute atomic E-state index is 12.3. The van der Waals surface area contributed by atoms with E-state index < -0.39 is 12.1 Å². The summed E-state index contributed by atoms with van der Waals surface area (Å²) in [7, 11) is 0. The van der Waals surface area contributed by atoms with Crippen LogP contribution in [0, 0.1) is 0 Å². The predicted molar refractivity (Wildman–Crippen MR) is 107 cm³/mol. The molecule has 0 bridgehead atoms. The molecule has 2 N–H and O–H groups in total. The van der Waals surface area contributed by atoms with Crippen molar-refractivity contribution in [3.8, 4) is 0 Å². The Labute approximate surface area is 170 Å². The van der Waals surface area contributed by atoms with Crippen LogP contribution in [0.3, 0.4) is 0 Å². The van der Waals surface area contributed by atoms with E-state index in [1.807, 2.05) is 29.2 Å². The number of hydrogen-bond donors (Lipinski definition) is 2. The quantitative estimate of drug-likeness (QED) is 0.433. The molecule has 1 saturated heterocycles. The minimum atomic E-state index is -0.979. The molecule has 0 spiro atoms. The summed E-state index contributed by atoms with van der Waals surface area (Å²) in [6.45, 7) is 0.681. The maximum Gasteiger partial charge on any atom is 0.329 e. The summed E-state index contributed by atoms with van der Waals surface area (Å²) < 4.78 is 5.02. The second kappa shape index (κ2) is 11.8. The minimum Gasteiger partial charge on any atom is -0.480 e. The van der Waals surface area contributed by atoms with Crippen LogP contribution in [0.5, 0.6) is 0 Å². The summed E-state index contributed by atoms with van der Waals surface area (Å²) in [5.41, 5.74) is 0.961. The Morgan fingerprint density at radius 1 is 1.39 bits per heavy atom. The van der Waals surface area contributed by atoms with Gasteiger partial charge < -0.3 is 19.8 Å². The molecular weight excluding hydrogens is 382 g/mol. The zero-order valence-electron chi connectivity index (χ0n) is 15.9. The lowest BCUT2D eigenvalue weighted by Gasteiger charge is -2.34. The van der Waals surface area contributed by atoms with Crippen LogP contribution < -0.4 is 0 Å². The van der Waals surface area contributed by atoms with E-state index in [0.29, 0.717) is 37.4 Å². The smallest absolute Gasteiger partial charge is 0.329 e. The highest BCUT2D eigenvalue weighted by Gasteiger charge is 2.25. The fraction of sp³-hybridized carbons (Fsp3) is 0.524. The topological polar surface area (TPSA) is 87.1 Å². The van der Waals surface area contributed by atoms with Crippen LogP contribution >= 0.6 is 11.6 Å². The van der Waals surface area contributed by atoms with Crippen molar-refractivity contribution in [3.63, 3.8) is 0 Å². The molecule has 28 heavy (non-hydrogen) atoms. The third-order valence-electron chi connectivity index (χ3n) is 4.66. The molecule has 1 aliphatic rings. The van der Waals surface area contributed by atoms with E-state index in [1.165, 1.54) is 0 Å². The first-order valence-electron chi connectivity index (χ1n) is 9.65. The van der Waals surface area contributed by atoms with Gasteiger partial charge in [-0.15, -0.1) is 0 Å². The number of amides is 1. The number of carboxylic acid groups (broad SMARTS) is 1. The standard InChI is InChI=1S/C21H28ClNO5/c22-17-6-3-5-16(13-17)14-19(24)10-9-18-7-4-8-20(25)23(18)11-1-2-12-28-15-21(26)27/h3,5-6,9-10,13,18-19,24H,1-2,4,7-8,11-12,14-15H2,(H,26,27)/t18-,19?/m1/s1. The molecule has 0 saturated carbocycles. The van der Waals surface area contributed by atoms with Gasteiger partial charge in [0.1, 0.15) is 6.61 Å². The number of rotatable bonds is 11.